The second-order valence-corrected chi connectivity index (χ2v) is 9.83. The maximum atomic E-state index is 12.9. The van der Waals surface area contributed by atoms with E-state index in [1.807, 2.05) is 59.5 Å². The van der Waals surface area contributed by atoms with Gasteiger partial charge in [0.05, 0.1) is 11.9 Å². The molecule has 8 nitrogen and oxygen atoms in total. The van der Waals surface area contributed by atoms with Crippen LogP contribution in [0.4, 0.5) is 5.69 Å². The monoisotopic (exact) mass is 461 g/mol. The number of amides is 1. The lowest BCUT2D eigenvalue weighted by Crippen LogP contribution is -2.15. The van der Waals surface area contributed by atoms with Crippen molar-refractivity contribution in [3.63, 3.8) is 0 Å². The zero-order chi connectivity index (χ0) is 23.2. The van der Waals surface area contributed by atoms with E-state index in [0.717, 1.165) is 28.8 Å². The van der Waals surface area contributed by atoms with Gasteiger partial charge in [0.15, 0.2) is 5.82 Å². The number of rotatable bonds is 5. The second-order valence-electron chi connectivity index (χ2n) is 9.39. The lowest BCUT2D eigenvalue weighted by Gasteiger charge is -2.15. The minimum Gasteiger partial charge on any atom is -0.326 e. The summed E-state index contributed by atoms with van der Waals surface area (Å²) in [6.45, 7) is 6.43. The summed E-state index contributed by atoms with van der Waals surface area (Å²) in [7, 11) is 0. The first kappa shape index (κ1) is 21.3. The standard InChI is InChI=1S/C24H24ClN7O/c1-24(2,3)15-12-26-32(13-15)21-9-8-17(10-20(21)22-28-30-31-29-22)27-23(33)19-11-18(19)14-4-6-16(25)7-5-14/h4-10,12-13,18-19H,11H2,1-3H3,(H,27,33)(H,28,29,30,31)/t18-,19+/m0/s1. The van der Waals surface area contributed by atoms with Crippen LogP contribution < -0.4 is 5.32 Å². The summed E-state index contributed by atoms with van der Waals surface area (Å²) in [5.74, 6) is 0.666. The maximum absolute atomic E-state index is 12.9. The molecule has 1 fully saturated rings. The number of aromatic amines is 1. The van der Waals surface area contributed by atoms with Gasteiger partial charge in [-0.25, -0.2) is 9.78 Å². The van der Waals surface area contributed by atoms with E-state index < -0.39 is 0 Å². The predicted molar refractivity (Wildman–Crippen MR) is 126 cm³/mol. The van der Waals surface area contributed by atoms with Crippen molar-refractivity contribution in [3.05, 3.63) is 71.0 Å². The lowest BCUT2D eigenvalue weighted by molar-refractivity contribution is -0.117. The molecule has 1 aliphatic rings. The van der Waals surface area contributed by atoms with Gasteiger partial charge in [0.25, 0.3) is 0 Å². The third-order valence-electron chi connectivity index (χ3n) is 5.99. The van der Waals surface area contributed by atoms with Crippen LogP contribution >= 0.6 is 11.6 Å². The Bertz CT molecular complexity index is 1290. The Labute approximate surface area is 196 Å². The molecular formula is C24H24ClN7O. The first-order valence-corrected chi connectivity index (χ1v) is 11.2. The highest BCUT2D eigenvalue weighted by Gasteiger charge is 2.43. The van der Waals surface area contributed by atoms with Crippen LogP contribution in [-0.4, -0.2) is 36.3 Å². The molecule has 168 valence electrons. The number of carbonyl (C=O) groups is 1. The van der Waals surface area contributed by atoms with Gasteiger partial charge in [0.1, 0.15) is 0 Å². The third-order valence-corrected chi connectivity index (χ3v) is 6.24. The van der Waals surface area contributed by atoms with Crippen LogP contribution in [0.3, 0.4) is 0 Å². The van der Waals surface area contributed by atoms with Gasteiger partial charge >= 0.3 is 0 Å². The van der Waals surface area contributed by atoms with Crippen LogP contribution in [0.15, 0.2) is 54.9 Å². The number of nitrogens with one attached hydrogen (secondary N) is 2. The first-order valence-electron chi connectivity index (χ1n) is 10.8. The summed E-state index contributed by atoms with van der Waals surface area (Å²) in [5, 5.41) is 22.6. The topological polar surface area (TPSA) is 101 Å². The van der Waals surface area contributed by atoms with Crippen LogP contribution in [0, 0.1) is 5.92 Å². The van der Waals surface area contributed by atoms with E-state index in [-0.39, 0.29) is 23.2 Å². The van der Waals surface area contributed by atoms with Crippen molar-refractivity contribution in [2.45, 2.75) is 38.5 Å². The molecule has 2 aromatic heterocycles. The molecule has 0 aliphatic heterocycles. The average Bonchev–Trinajstić information content (AvgIpc) is 3.16. The third kappa shape index (κ3) is 4.39. The first-order chi connectivity index (χ1) is 15.8. The molecule has 5 rings (SSSR count). The van der Waals surface area contributed by atoms with Gasteiger partial charge in [-0.3, -0.25) is 4.79 Å². The summed E-state index contributed by atoms with van der Waals surface area (Å²) >= 11 is 5.98. The van der Waals surface area contributed by atoms with Gasteiger partial charge in [-0.15, -0.1) is 5.10 Å². The number of halogens is 1. The van der Waals surface area contributed by atoms with E-state index in [1.165, 1.54) is 0 Å². The number of hydrogen-bond acceptors (Lipinski definition) is 5. The molecule has 2 heterocycles. The van der Waals surface area contributed by atoms with Crippen molar-refractivity contribution in [1.29, 1.82) is 0 Å². The van der Waals surface area contributed by atoms with E-state index >= 15 is 0 Å². The van der Waals surface area contributed by atoms with E-state index in [2.05, 4.69) is 51.8 Å². The Morgan fingerprint density at radius 2 is 1.97 bits per heavy atom. The maximum Gasteiger partial charge on any atom is 0.228 e. The van der Waals surface area contributed by atoms with Gasteiger partial charge in [0, 0.05) is 28.4 Å². The van der Waals surface area contributed by atoms with E-state index in [9.17, 15) is 4.79 Å². The summed E-state index contributed by atoms with van der Waals surface area (Å²) in [4.78, 5) is 12.9. The highest BCUT2D eigenvalue weighted by Crippen LogP contribution is 2.48. The van der Waals surface area contributed by atoms with E-state index in [1.54, 1.807) is 0 Å². The van der Waals surface area contributed by atoms with Gasteiger partial charge in [0.2, 0.25) is 5.91 Å². The number of hydrogen-bond donors (Lipinski definition) is 2. The van der Waals surface area contributed by atoms with E-state index in [4.69, 9.17) is 11.6 Å². The van der Waals surface area contributed by atoms with Gasteiger partial charge in [-0.05, 0) is 69.6 Å². The minimum atomic E-state index is -0.0540. The molecule has 0 bridgehead atoms. The van der Waals surface area contributed by atoms with Crippen molar-refractivity contribution >= 4 is 23.2 Å². The zero-order valence-corrected chi connectivity index (χ0v) is 19.3. The van der Waals surface area contributed by atoms with Crippen molar-refractivity contribution in [2.24, 2.45) is 5.92 Å². The summed E-state index contributed by atoms with van der Waals surface area (Å²) < 4.78 is 1.81. The molecule has 0 radical (unpaired) electrons. The van der Waals surface area contributed by atoms with Gasteiger partial charge in [-0.2, -0.15) is 5.10 Å². The molecule has 4 aromatic rings. The molecule has 1 saturated carbocycles. The zero-order valence-electron chi connectivity index (χ0n) is 18.6. The van der Waals surface area contributed by atoms with Crippen LogP contribution in [0.5, 0.6) is 0 Å². The Balaban J connectivity index is 1.39. The number of nitrogens with zero attached hydrogens (tertiary/aromatic N) is 5. The molecule has 9 heteroatoms. The van der Waals surface area contributed by atoms with Gasteiger partial charge < -0.3 is 5.32 Å². The fraction of sp³-hybridized carbons (Fsp3) is 0.292. The average molecular weight is 462 g/mol. The van der Waals surface area contributed by atoms with Crippen LogP contribution in [0.2, 0.25) is 5.02 Å². The van der Waals surface area contributed by atoms with E-state index in [0.29, 0.717) is 16.5 Å². The Morgan fingerprint density at radius 1 is 1.18 bits per heavy atom. The van der Waals surface area contributed by atoms with Crippen molar-refractivity contribution in [3.8, 4) is 17.1 Å². The molecule has 0 spiro atoms. The summed E-state index contributed by atoms with van der Waals surface area (Å²) in [6, 6.07) is 13.4. The van der Waals surface area contributed by atoms with Crippen LogP contribution in [0.1, 0.15) is 44.2 Å². The normalized spacial score (nSPS) is 17.7. The largest absolute Gasteiger partial charge is 0.326 e. The summed E-state index contributed by atoms with van der Waals surface area (Å²) in [5.41, 5.74) is 4.46. The van der Waals surface area contributed by atoms with Gasteiger partial charge in [-0.1, -0.05) is 44.5 Å². The number of H-pyrrole nitrogens is 1. The Morgan fingerprint density at radius 3 is 2.64 bits per heavy atom. The molecule has 2 N–H and O–H groups in total. The molecular weight excluding hydrogens is 438 g/mol. The van der Waals surface area contributed by atoms with Crippen molar-refractivity contribution in [1.82, 2.24) is 30.4 Å². The number of anilines is 1. The minimum absolute atomic E-state index is 0.00143. The Kier molecular flexibility index (Phi) is 5.25. The molecule has 1 amide bonds. The highest BCUT2D eigenvalue weighted by atomic mass is 35.5. The predicted octanol–water partition coefficient (Wildman–Crippen LogP) is 4.75. The quantitative estimate of drug-likeness (QED) is 0.446. The number of tetrazole rings is 1. The van der Waals surface area contributed by atoms with Crippen LogP contribution in [-0.2, 0) is 10.2 Å². The second kappa shape index (κ2) is 8.12. The molecule has 2 aromatic carbocycles. The smallest absolute Gasteiger partial charge is 0.228 e. The highest BCUT2D eigenvalue weighted by molar-refractivity contribution is 6.30. The fourth-order valence-electron chi connectivity index (χ4n) is 3.92. The molecule has 0 unspecified atom stereocenters. The van der Waals surface area contributed by atoms with Crippen molar-refractivity contribution in [2.75, 3.05) is 5.32 Å². The number of aromatic nitrogens is 6. The molecule has 33 heavy (non-hydrogen) atoms. The van der Waals surface area contributed by atoms with Crippen LogP contribution in [0.25, 0.3) is 17.1 Å². The SMILES string of the molecule is CC(C)(C)c1cnn(-c2ccc(NC(=O)[C@@H]3C[C@H]3c3ccc(Cl)cc3)cc2-c2nnn[nH]2)c1. The van der Waals surface area contributed by atoms with Crippen molar-refractivity contribution < 1.29 is 4.79 Å². The lowest BCUT2D eigenvalue weighted by atomic mass is 9.90. The molecule has 1 aliphatic carbocycles. The number of carbonyl (C=O) groups excluding carboxylic acids is 1. The number of benzene rings is 2. The molecule has 0 saturated heterocycles. The fourth-order valence-corrected chi connectivity index (χ4v) is 4.04. The Hall–Kier alpha value is -3.52. The summed E-state index contributed by atoms with van der Waals surface area (Å²) in [6.07, 6.45) is 4.69. The molecule has 2 atom stereocenters.